The fourth-order valence-corrected chi connectivity index (χ4v) is 2.29. The summed E-state index contributed by atoms with van der Waals surface area (Å²) in [4.78, 5) is 10.3. The van der Waals surface area contributed by atoms with E-state index in [1.807, 2.05) is 0 Å². The molecule has 136 valence electrons. The van der Waals surface area contributed by atoms with Crippen LogP contribution < -0.4 is 0 Å². The highest BCUT2D eigenvalue weighted by atomic mass is 16.6. The van der Waals surface area contributed by atoms with Gasteiger partial charge in [0.05, 0.1) is 6.61 Å². The molecule has 0 radical (unpaired) electrons. The fraction of sp³-hybridized carbons (Fsp3) is 0.917. The second-order valence-electron chi connectivity index (χ2n) is 5.38. The summed E-state index contributed by atoms with van der Waals surface area (Å²) in [5.74, 6) is 0. The Kier molecular flexibility index (Phi) is 7.41. The van der Waals surface area contributed by atoms with Crippen molar-refractivity contribution in [3.63, 3.8) is 0 Å². The number of aliphatic hydroxyl groups excluding tert-OH is 9. The number of ether oxygens (including phenoxy) is 1. The van der Waals surface area contributed by atoms with Crippen molar-refractivity contribution in [1.82, 2.24) is 0 Å². The molecule has 0 bridgehead atoms. The van der Waals surface area contributed by atoms with Gasteiger partial charge in [-0.05, 0) is 0 Å². The molecule has 0 aromatic carbocycles. The molecular weight excluding hydrogens is 320 g/mol. The highest BCUT2D eigenvalue weighted by Gasteiger charge is 2.49. The van der Waals surface area contributed by atoms with E-state index >= 15 is 0 Å². The molecule has 0 aromatic heterocycles. The summed E-state index contributed by atoms with van der Waals surface area (Å²) in [6, 6.07) is 0. The highest BCUT2D eigenvalue weighted by molar-refractivity contribution is 5.56. The Balaban J connectivity index is 2.85. The van der Waals surface area contributed by atoms with Gasteiger partial charge in [-0.1, -0.05) is 0 Å². The maximum Gasteiger partial charge on any atom is 0.151 e. The maximum atomic E-state index is 10.3. The van der Waals surface area contributed by atoms with Crippen LogP contribution in [0.1, 0.15) is 0 Å². The molecule has 1 aliphatic rings. The Bertz CT molecular complexity index is 378. The van der Waals surface area contributed by atoms with Crippen molar-refractivity contribution in [3.05, 3.63) is 0 Å². The van der Waals surface area contributed by atoms with Crippen molar-refractivity contribution in [2.75, 3.05) is 6.61 Å². The van der Waals surface area contributed by atoms with E-state index in [4.69, 9.17) is 14.9 Å². The Labute approximate surface area is 130 Å². The average Bonchev–Trinajstić information content (AvgIpc) is 2.56. The number of rotatable bonds is 7. The first-order chi connectivity index (χ1) is 10.7. The third-order valence-electron chi connectivity index (χ3n) is 3.80. The standard InChI is InChI=1S/C12H22O11/c13-1-3(15)5(16)7(18)9(20)11(22)12-10(21)8(19)6(17)4(2-14)23-12/h1,3-12,14-22H,2H2/t3?,4-,5?,6-,7?,8+,9?,10-,11?,12+/m1/s1. The Morgan fingerprint density at radius 3 is 1.91 bits per heavy atom. The van der Waals surface area contributed by atoms with E-state index in [0.29, 0.717) is 0 Å². The minimum Gasteiger partial charge on any atom is -0.394 e. The van der Waals surface area contributed by atoms with Gasteiger partial charge in [0, 0.05) is 0 Å². The summed E-state index contributed by atoms with van der Waals surface area (Å²) in [5.41, 5.74) is 0. The lowest BCUT2D eigenvalue weighted by atomic mass is 9.88. The topological polar surface area (TPSA) is 208 Å². The van der Waals surface area contributed by atoms with Gasteiger partial charge in [-0.25, -0.2) is 0 Å². The molecule has 1 saturated heterocycles. The van der Waals surface area contributed by atoms with Gasteiger partial charge in [-0.3, -0.25) is 0 Å². The molecule has 11 nitrogen and oxygen atoms in total. The van der Waals surface area contributed by atoms with E-state index in [1.54, 1.807) is 0 Å². The number of hydrogen-bond acceptors (Lipinski definition) is 11. The molecule has 0 aromatic rings. The number of carbonyl (C=O) groups is 1. The lowest BCUT2D eigenvalue weighted by molar-refractivity contribution is -0.264. The smallest absolute Gasteiger partial charge is 0.151 e. The monoisotopic (exact) mass is 342 g/mol. The van der Waals surface area contributed by atoms with Gasteiger partial charge in [0.1, 0.15) is 61.0 Å². The van der Waals surface area contributed by atoms with E-state index in [2.05, 4.69) is 0 Å². The highest BCUT2D eigenvalue weighted by Crippen LogP contribution is 2.25. The predicted octanol–water partition coefficient (Wildman–Crippen LogP) is -6.17. The second-order valence-corrected chi connectivity index (χ2v) is 5.38. The van der Waals surface area contributed by atoms with Gasteiger partial charge in [0.2, 0.25) is 0 Å². The summed E-state index contributed by atoms with van der Waals surface area (Å²) < 4.78 is 4.99. The zero-order chi connectivity index (χ0) is 17.9. The second kappa shape index (κ2) is 8.39. The van der Waals surface area contributed by atoms with Crippen LogP contribution in [0.15, 0.2) is 0 Å². The van der Waals surface area contributed by atoms with Crippen molar-refractivity contribution < 1.29 is 55.5 Å². The first-order valence-electron chi connectivity index (χ1n) is 6.83. The Morgan fingerprint density at radius 2 is 1.43 bits per heavy atom. The zero-order valence-corrected chi connectivity index (χ0v) is 11.9. The molecule has 1 aliphatic heterocycles. The zero-order valence-electron chi connectivity index (χ0n) is 11.9. The van der Waals surface area contributed by atoms with Gasteiger partial charge in [0.15, 0.2) is 6.29 Å². The lowest BCUT2D eigenvalue weighted by Crippen LogP contribution is -2.64. The van der Waals surface area contributed by atoms with Crippen molar-refractivity contribution in [2.24, 2.45) is 0 Å². The van der Waals surface area contributed by atoms with Gasteiger partial charge in [-0.2, -0.15) is 0 Å². The molecule has 1 fully saturated rings. The van der Waals surface area contributed by atoms with Gasteiger partial charge in [0.25, 0.3) is 0 Å². The van der Waals surface area contributed by atoms with Crippen LogP contribution in [0.5, 0.6) is 0 Å². The van der Waals surface area contributed by atoms with Crippen LogP contribution in [0, 0.1) is 0 Å². The van der Waals surface area contributed by atoms with Crippen LogP contribution in [0.25, 0.3) is 0 Å². The summed E-state index contributed by atoms with van der Waals surface area (Å²) in [6.45, 7) is -0.765. The van der Waals surface area contributed by atoms with Crippen molar-refractivity contribution in [2.45, 2.75) is 61.0 Å². The normalized spacial score (nSPS) is 38.4. The molecule has 9 N–H and O–H groups in total. The van der Waals surface area contributed by atoms with Crippen LogP contribution in [0.3, 0.4) is 0 Å². The van der Waals surface area contributed by atoms with Crippen LogP contribution in [0.2, 0.25) is 0 Å². The summed E-state index contributed by atoms with van der Waals surface area (Å²) in [5, 5.41) is 85.9. The van der Waals surface area contributed by atoms with E-state index in [9.17, 15) is 40.5 Å². The minimum absolute atomic E-state index is 0.0964. The average molecular weight is 342 g/mol. The Hall–Kier alpha value is -0.730. The van der Waals surface area contributed by atoms with Gasteiger partial charge >= 0.3 is 0 Å². The van der Waals surface area contributed by atoms with Crippen LogP contribution >= 0.6 is 0 Å². The third kappa shape index (κ3) is 4.22. The van der Waals surface area contributed by atoms with Crippen LogP contribution in [-0.2, 0) is 9.53 Å². The Morgan fingerprint density at radius 1 is 0.870 bits per heavy atom. The molecule has 0 spiro atoms. The van der Waals surface area contributed by atoms with Crippen molar-refractivity contribution in [3.8, 4) is 0 Å². The molecule has 1 heterocycles. The molecule has 0 aliphatic carbocycles. The van der Waals surface area contributed by atoms with Crippen molar-refractivity contribution >= 4 is 6.29 Å². The quantitative estimate of drug-likeness (QED) is 0.199. The molecule has 10 atom stereocenters. The number of aldehydes is 1. The van der Waals surface area contributed by atoms with E-state index in [1.165, 1.54) is 0 Å². The molecule has 23 heavy (non-hydrogen) atoms. The minimum atomic E-state index is -2.18. The van der Waals surface area contributed by atoms with Gasteiger partial charge < -0.3 is 55.5 Å². The maximum absolute atomic E-state index is 10.3. The first kappa shape index (κ1) is 20.3. The van der Waals surface area contributed by atoms with Gasteiger partial charge in [-0.15, -0.1) is 0 Å². The third-order valence-corrected chi connectivity index (χ3v) is 3.80. The summed E-state index contributed by atoms with van der Waals surface area (Å²) in [7, 11) is 0. The number of aliphatic hydroxyl groups is 9. The fourth-order valence-electron chi connectivity index (χ4n) is 2.29. The van der Waals surface area contributed by atoms with Crippen molar-refractivity contribution in [1.29, 1.82) is 0 Å². The summed E-state index contributed by atoms with van der Waals surface area (Å²) in [6.07, 6.45) is -19.1. The van der Waals surface area contributed by atoms with E-state index in [-0.39, 0.29) is 6.29 Å². The van der Waals surface area contributed by atoms with Crippen LogP contribution in [0.4, 0.5) is 0 Å². The lowest BCUT2D eigenvalue weighted by Gasteiger charge is -2.43. The number of carbonyl (C=O) groups excluding carboxylic acids is 1. The largest absolute Gasteiger partial charge is 0.394 e. The SMILES string of the molecule is O=CC(O)C(O)C(O)C(O)C(O)[C@H]1O[C@H](CO)[C@@H](O)[C@H](O)[C@H]1O. The van der Waals surface area contributed by atoms with Crippen LogP contribution in [-0.4, -0.2) is 120 Å². The van der Waals surface area contributed by atoms with E-state index in [0.717, 1.165) is 0 Å². The predicted molar refractivity (Wildman–Crippen MR) is 69.9 cm³/mol. The summed E-state index contributed by atoms with van der Waals surface area (Å²) >= 11 is 0. The molecule has 5 unspecified atom stereocenters. The first-order valence-corrected chi connectivity index (χ1v) is 6.83. The molecular formula is C12H22O11. The van der Waals surface area contributed by atoms with E-state index < -0.39 is 67.6 Å². The molecule has 0 saturated carbocycles. The molecule has 0 amide bonds. The molecule has 1 rings (SSSR count). The number of hydrogen-bond donors (Lipinski definition) is 9. The molecule has 11 heteroatoms.